The van der Waals surface area contributed by atoms with Crippen LogP contribution in [0.15, 0.2) is 65.8 Å². The van der Waals surface area contributed by atoms with Crippen LogP contribution in [0.25, 0.3) is 10.4 Å². The fraction of sp³-hybridized carbons (Fsp3) is 0.409. The summed E-state index contributed by atoms with van der Waals surface area (Å²) in [6.07, 6.45) is -3.12. The summed E-state index contributed by atoms with van der Waals surface area (Å²) in [5.74, 6) is 0. The van der Waals surface area contributed by atoms with E-state index in [-0.39, 0.29) is 11.6 Å². The molecule has 0 amide bonds. The molecule has 3 rings (SSSR count). The number of aliphatic hydroxyl groups is 1. The number of nitrogens with zero attached hydrogens (tertiary/aromatic N) is 3. The molecule has 0 aliphatic carbocycles. The Morgan fingerprint density at radius 2 is 1.67 bits per heavy atom. The first-order valence-electron chi connectivity index (χ1n) is 9.93. The molecule has 0 aromatic heterocycles. The van der Waals surface area contributed by atoms with Crippen LogP contribution in [0.4, 0.5) is 0 Å². The molecule has 0 bridgehead atoms. The van der Waals surface area contributed by atoms with Crippen LogP contribution in [-0.4, -0.2) is 50.7 Å². The molecule has 0 radical (unpaired) electrons. The topological polar surface area (TPSA) is 105 Å². The van der Waals surface area contributed by atoms with E-state index >= 15 is 0 Å². The van der Waals surface area contributed by atoms with Crippen molar-refractivity contribution in [1.29, 1.82) is 0 Å². The van der Waals surface area contributed by atoms with Gasteiger partial charge in [0.25, 0.3) is 8.32 Å². The van der Waals surface area contributed by atoms with Gasteiger partial charge in [-0.1, -0.05) is 86.5 Å². The predicted molar refractivity (Wildman–Crippen MR) is 117 cm³/mol. The highest BCUT2D eigenvalue weighted by Gasteiger charge is 2.55. The molecule has 1 N–H and O–H groups in total. The molecule has 158 valence electrons. The van der Waals surface area contributed by atoms with Gasteiger partial charge in [0.15, 0.2) is 6.29 Å². The van der Waals surface area contributed by atoms with E-state index in [2.05, 4.69) is 30.8 Å². The summed E-state index contributed by atoms with van der Waals surface area (Å²) >= 11 is 0. The molecule has 1 fully saturated rings. The van der Waals surface area contributed by atoms with Gasteiger partial charge in [-0.05, 0) is 20.9 Å². The normalized spacial score (nSPS) is 24.3. The fourth-order valence-corrected chi connectivity index (χ4v) is 8.90. The van der Waals surface area contributed by atoms with Gasteiger partial charge in [-0.2, -0.15) is 0 Å². The van der Waals surface area contributed by atoms with Gasteiger partial charge >= 0.3 is 0 Å². The summed E-state index contributed by atoms with van der Waals surface area (Å²) in [5, 5.41) is 16.2. The molecular formula is C22H27N3O4Si. The van der Waals surface area contributed by atoms with Crippen LogP contribution in [0.3, 0.4) is 0 Å². The van der Waals surface area contributed by atoms with Gasteiger partial charge < -0.3 is 19.1 Å². The molecule has 8 heteroatoms. The lowest BCUT2D eigenvalue weighted by atomic mass is 10.1. The van der Waals surface area contributed by atoms with E-state index in [0.717, 1.165) is 10.4 Å². The average Bonchev–Trinajstić information content (AvgIpc) is 3.05. The van der Waals surface area contributed by atoms with Crippen molar-refractivity contribution >= 4 is 25.0 Å². The van der Waals surface area contributed by atoms with Crippen molar-refractivity contribution in [3.05, 3.63) is 71.1 Å². The minimum absolute atomic E-state index is 0.0270. The minimum atomic E-state index is -2.97. The first kappa shape index (κ1) is 22.2. The number of azide groups is 1. The molecule has 1 heterocycles. The van der Waals surface area contributed by atoms with Gasteiger partial charge in [-0.3, -0.25) is 0 Å². The number of aldehydes is 1. The Hall–Kier alpha value is -2.48. The Morgan fingerprint density at radius 1 is 1.13 bits per heavy atom. The van der Waals surface area contributed by atoms with E-state index < -0.39 is 32.7 Å². The van der Waals surface area contributed by atoms with Crippen LogP contribution < -0.4 is 10.4 Å². The molecule has 0 unspecified atom stereocenters. The maximum atomic E-state index is 11.5. The Bertz CT molecular complexity index is 858. The Kier molecular flexibility index (Phi) is 6.75. The average molecular weight is 426 g/mol. The molecular weight excluding hydrogens is 398 g/mol. The highest BCUT2D eigenvalue weighted by atomic mass is 28.4. The molecule has 2 aromatic carbocycles. The van der Waals surface area contributed by atoms with Crippen molar-refractivity contribution in [2.45, 2.75) is 50.2 Å². The van der Waals surface area contributed by atoms with E-state index in [9.17, 15) is 9.90 Å². The quantitative estimate of drug-likeness (QED) is 0.242. The first-order chi connectivity index (χ1) is 14.3. The number of hydrogen-bond acceptors (Lipinski definition) is 5. The summed E-state index contributed by atoms with van der Waals surface area (Å²) < 4.78 is 12.6. The van der Waals surface area contributed by atoms with Crippen LogP contribution in [-0.2, 0) is 14.0 Å². The number of benzene rings is 2. The number of carbonyl (C=O) groups is 1. The summed E-state index contributed by atoms with van der Waals surface area (Å²) in [5.41, 5.74) is 8.76. The van der Waals surface area contributed by atoms with E-state index in [4.69, 9.17) is 14.7 Å². The standard InChI is InChI=1S/C22H27N3O4Si/c1-22(2,3)30(16-10-6-4-7-11-16,17-12-8-5-9-13-17)29-21-18(14-24-25-23)28-19(15-26)20(21)27/h4-13,15,18-21,27H,14H2,1-3H3/t18-,19+,20-,21-/m1/s1. The van der Waals surface area contributed by atoms with Crippen molar-refractivity contribution in [3.63, 3.8) is 0 Å². The highest BCUT2D eigenvalue weighted by Crippen LogP contribution is 2.39. The van der Waals surface area contributed by atoms with Gasteiger partial charge in [0.2, 0.25) is 0 Å². The highest BCUT2D eigenvalue weighted by molar-refractivity contribution is 6.99. The van der Waals surface area contributed by atoms with Crippen molar-refractivity contribution in [2.75, 3.05) is 6.54 Å². The number of aliphatic hydroxyl groups excluding tert-OH is 1. The van der Waals surface area contributed by atoms with Crippen molar-refractivity contribution in [1.82, 2.24) is 0 Å². The zero-order valence-electron chi connectivity index (χ0n) is 17.4. The molecule has 0 spiro atoms. The number of hydrogen-bond donors (Lipinski definition) is 1. The van der Waals surface area contributed by atoms with Crippen LogP contribution >= 0.6 is 0 Å². The molecule has 1 aliphatic heterocycles. The lowest BCUT2D eigenvalue weighted by Gasteiger charge is -2.45. The van der Waals surface area contributed by atoms with E-state index in [1.807, 2.05) is 60.7 Å². The van der Waals surface area contributed by atoms with Crippen LogP contribution in [0.1, 0.15) is 20.8 Å². The lowest BCUT2D eigenvalue weighted by Crippen LogP contribution is -2.69. The minimum Gasteiger partial charge on any atom is -0.399 e. The molecule has 2 aromatic rings. The fourth-order valence-electron chi connectivity index (χ4n) is 4.18. The number of rotatable bonds is 7. The van der Waals surface area contributed by atoms with Crippen LogP contribution in [0.2, 0.25) is 5.04 Å². The van der Waals surface area contributed by atoms with Gasteiger partial charge in [0, 0.05) is 4.91 Å². The van der Waals surface area contributed by atoms with Gasteiger partial charge in [-0.15, -0.1) is 0 Å². The Morgan fingerprint density at radius 3 is 2.10 bits per heavy atom. The largest absolute Gasteiger partial charge is 0.399 e. The number of ether oxygens (including phenoxy) is 1. The molecule has 0 saturated carbocycles. The zero-order valence-corrected chi connectivity index (χ0v) is 18.4. The summed E-state index contributed by atoms with van der Waals surface area (Å²) in [6.45, 7) is 6.35. The van der Waals surface area contributed by atoms with Gasteiger partial charge in [0.1, 0.15) is 18.3 Å². The van der Waals surface area contributed by atoms with E-state index in [1.54, 1.807) is 0 Å². The summed E-state index contributed by atoms with van der Waals surface area (Å²) in [4.78, 5) is 14.3. The van der Waals surface area contributed by atoms with E-state index in [1.165, 1.54) is 0 Å². The van der Waals surface area contributed by atoms with E-state index in [0.29, 0.717) is 6.29 Å². The Labute approximate surface area is 177 Å². The van der Waals surface area contributed by atoms with Crippen LogP contribution in [0.5, 0.6) is 0 Å². The maximum Gasteiger partial charge on any atom is 0.261 e. The molecule has 7 nitrogen and oxygen atoms in total. The lowest BCUT2D eigenvalue weighted by molar-refractivity contribution is -0.120. The summed E-state index contributed by atoms with van der Waals surface area (Å²) in [6, 6.07) is 20.0. The third-order valence-corrected chi connectivity index (χ3v) is 10.6. The third-order valence-electron chi connectivity index (χ3n) is 5.56. The predicted octanol–water partition coefficient (Wildman–Crippen LogP) is 2.57. The van der Waals surface area contributed by atoms with Crippen molar-refractivity contribution in [2.24, 2.45) is 5.11 Å². The molecule has 30 heavy (non-hydrogen) atoms. The van der Waals surface area contributed by atoms with Crippen molar-refractivity contribution in [3.8, 4) is 0 Å². The first-order valence-corrected chi connectivity index (χ1v) is 11.8. The summed E-state index contributed by atoms with van der Waals surface area (Å²) in [7, 11) is -2.97. The van der Waals surface area contributed by atoms with Gasteiger partial charge in [-0.25, -0.2) is 0 Å². The number of carbonyl (C=O) groups excluding carboxylic acids is 1. The molecule has 1 saturated heterocycles. The Balaban J connectivity index is 2.17. The second-order valence-corrected chi connectivity index (χ2v) is 12.7. The van der Waals surface area contributed by atoms with Gasteiger partial charge in [0.05, 0.1) is 12.6 Å². The van der Waals surface area contributed by atoms with Crippen LogP contribution in [0, 0.1) is 0 Å². The zero-order chi connectivity index (χ0) is 21.8. The molecule has 1 aliphatic rings. The monoisotopic (exact) mass is 425 g/mol. The molecule has 4 atom stereocenters. The third kappa shape index (κ3) is 4.05. The SMILES string of the molecule is CC(C)(C)[Si](O[C@H]1[C@H](O)[C@H](C=O)O[C@@H]1CN=[N+]=[N-])(c1ccccc1)c1ccccc1. The smallest absolute Gasteiger partial charge is 0.261 e. The maximum absolute atomic E-state index is 11.5. The second kappa shape index (κ2) is 9.12. The second-order valence-electron chi connectivity index (χ2n) is 8.42. The van der Waals surface area contributed by atoms with Crippen molar-refractivity contribution < 1.29 is 19.1 Å².